The molecule has 32 heavy (non-hydrogen) atoms. The molecule has 0 bridgehead atoms. The minimum atomic E-state index is -0.527. The van der Waals surface area contributed by atoms with E-state index in [4.69, 9.17) is 16.3 Å². The number of thioether (sulfide) groups is 1. The summed E-state index contributed by atoms with van der Waals surface area (Å²) < 4.78 is 5.00. The first-order valence-electron chi connectivity index (χ1n) is 10.4. The SMILES string of the molecule is CCOC(=O)c1ccc(N=C2S[C@@H](CC(=O)Nc3ccc(Cl)cc3)C(=O)N2C2CC2)cc1. The molecule has 7 nitrogen and oxygen atoms in total. The molecule has 9 heteroatoms. The number of carbonyl (C=O) groups excluding carboxylic acids is 3. The van der Waals surface area contributed by atoms with Crippen molar-refractivity contribution in [3.05, 3.63) is 59.1 Å². The van der Waals surface area contributed by atoms with Crippen molar-refractivity contribution >= 4 is 57.7 Å². The van der Waals surface area contributed by atoms with Crippen LogP contribution in [0.5, 0.6) is 0 Å². The van der Waals surface area contributed by atoms with E-state index in [2.05, 4.69) is 10.3 Å². The molecule has 2 aromatic carbocycles. The lowest BCUT2D eigenvalue weighted by Gasteiger charge is -2.15. The monoisotopic (exact) mass is 471 g/mol. The van der Waals surface area contributed by atoms with Crippen LogP contribution in [0, 0.1) is 0 Å². The third-order valence-electron chi connectivity index (χ3n) is 4.98. The van der Waals surface area contributed by atoms with Gasteiger partial charge in [0.1, 0.15) is 5.25 Å². The number of amidine groups is 1. The lowest BCUT2D eigenvalue weighted by molar-refractivity contribution is -0.128. The molecule has 0 spiro atoms. The zero-order valence-electron chi connectivity index (χ0n) is 17.4. The number of ether oxygens (including phenoxy) is 1. The number of benzene rings is 2. The predicted octanol–water partition coefficient (Wildman–Crippen LogP) is 4.64. The van der Waals surface area contributed by atoms with E-state index in [-0.39, 0.29) is 30.2 Å². The number of rotatable bonds is 7. The van der Waals surface area contributed by atoms with E-state index >= 15 is 0 Å². The molecule has 4 rings (SSSR count). The fourth-order valence-corrected chi connectivity index (χ4v) is 4.61. The minimum absolute atomic E-state index is 0.0517. The second kappa shape index (κ2) is 9.75. The molecule has 0 unspecified atom stereocenters. The van der Waals surface area contributed by atoms with Crippen LogP contribution in [-0.4, -0.2) is 45.7 Å². The first-order valence-corrected chi connectivity index (χ1v) is 11.6. The minimum Gasteiger partial charge on any atom is -0.462 e. The van der Waals surface area contributed by atoms with Gasteiger partial charge in [-0.05, 0) is 68.3 Å². The second-order valence-electron chi connectivity index (χ2n) is 7.47. The average molecular weight is 472 g/mol. The number of hydrogen-bond acceptors (Lipinski definition) is 6. The topological polar surface area (TPSA) is 88.1 Å². The number of nitrogens with zero attached hydrogens (tertiary/aromatic N) is 2. The maximum Gasteiger partial charge on any atom is 0.338 e. The Labute approximate surface area is 195 Å². The summed E-state index contributed by atoms with van der Waals surface area (Å²) in [4.78, 5) is 43.7. The number of nitrogens with one attached hydrogen (secondary N) is 1. The van der Waals surface area contributed by atoms with Gasteiger partial charge in [-0.15, -0.1) is 0 Å². The first-order chi connectivity index (χ1) is 15.4. The van der Waals surface area contributed by atoms with Crippen LogP contribution in [0.1, 0.15) is 36.5 Å². The number of aliphatic imine (C=N–C) groups is 1. The summed E-state index contributed by atoms with van der Waals surface area (Å²) in [6.07, 6.45) is 1.91. The summed E-state index contributed by atoms with van der Waals surface area (Å²) in [6, 6.07) is 13.7. The van der Waals surface area contributed by atoms with E-state index in [0.29, 0.717) is 33.7 Å². The van der Waals surface area contributed by atoms with Gasteiger partial charge in [0.15, 0.2) is 5.17 Å². The molecule has 1 atom stereocenters. The van der Waals surface area contributed by atoms with Crippen molar-refractivity contribution in [3.8, 4) is 0 Å². The Bertz CT molecular complexity index is 1050. The molecule has 1 aliphatic carbocycles. The van der Waals surface area contributed by atoms with E-state index in [1.807, 2.05) is 0 Å². The van der Waals surface area contributed by atoms with Crippen molar-refractivity contribution in [1.82, 2.24) is 4.90 Å². The summed E-state index contributed by atoms with van der Waals surface area (Å²) in [6.45, 7) is 2.07. The Balaban J connectivity index is 1.45. The molecule has 1 saturated heterocycles. The second-order valence-corrected chi connectivity index (χ2v) is 9.07. The van der Waals surface area contributed by atoms with E-state index < -0.39 is 5.25 Å². The van der Waals surface area contributed by atoms with Crippen molar-refractivity contribution in [2.45, 2.75) is 37.5 Å². The van der Waals surface area contributed by atoms with Crippen molar-refractivity contribution in [3.63, 3.8) is 0 Å². The van der Waals surface area contributed by atoms with Crippen LogP contribution >= 0.6 is 23.4 Å². The van der Waals surface area contributed by atoms with Gasteiger partial charge in [0, 0.05) is 23.2 Å². The molecule has 2 aromatic rings. The third kappa shape index (κ3) is 5.31. The molecule has 166 valence electrons. The molecule has 2 fully saturated rings. The van der Waals surface area contributed by atoms with E-state index in [1.165, 1.54) is 11.8 Å². The van der Waals surface area contributed by atoms with Crippen LogP contribution in [0.3, 0.4) is 0 Å². The Hall–Kier alpha value is -2.84. The van der Waals surface area contributed by atoms with Crippen LogP contribution in [0.2, 0.25) is 5.02 Å². The van der Waals surface area contributed by atoms with Gasteiger partial charge < -0.3 is 10.1 Å². The van der Waals surface area contributed by atoms with Crippen LogP contribution in [0.25, 0.3) is 0 Å². The van der Waals surface area contributed by atoms with Gasteiger partial charge in [-0.1, -0.05) is 23.4 Å². The summed E-state index contributed by atoms with van der Waals surface area (Å²) in [5.74, 6) is -0.719. The van der Waals surface area contributed by atoms with Crippen LogP contribution in [0.4, 0.5) is 11.4 Å². The number of amides is 2. The number of anilines is 1. The van der Waals surface area contributed by atoms with Gasteiger partial charge in [-0.3, -0.25) is 14.5 Å². The van der Waals surface area contributed by atoms with Crippen molar-refractivity contribution in [1.29, 1.82) is 0 Å². The van der Waals surface area contributed by atoms with Crippen LogP contribution in [0.15, 0.2) is 53.5 Å². The standard InChI is InChI=1S/C23H22ClN3O4S/c1-2-31-22(30)14-3-7-17(8-4-14)26-23-27(18-11-12-18)21(29)19(32-23)13-20(28)25-16-9-5-15(24)6-10-16/h3-10,18-19H,2,11-13H2,1H3,(H,25,28)/t19-/m0/s1. The quantitative estimate of drug-likeness (QED) is 0.594. The fraction of sp³-hybridized carbons (Fsp3) is 0.304. The molecule has 2 amide bonds. The van der Waals surface area contributed by atoms with Crippen molar-refractivity contribution in [2.24, 2.45) is 4.99 Å². The highest BCUT2D eigenvalue weighted by atomic mass is 35.5. The van der Waals surface area contributed by atoms with Gasteiger partial charge in [0.05, 0.1) is 17.9 Å². The molecule has 1 heterocycles. The van der Waals surface area contributed by atoms with Gasteiger partial charge in [-0.25, -0.2) is 9.79 Å². The van der Waals surface area contributed by atoms with Crippen molar-refractivity contribution < 1.29 is 19.1 Å². The highest BCUT2D eigenvalue weighted by molar-refractivity contribution is 8.15. The maximum absolute atomic E-state index is 13.0. The number of carbonyl (C=O) groups is 3. The largest absolute Gasteiger partial charge is 0.462 e. The Morgan fingerprint density at radius 2 is 1.84 bits per heavy atom. The van der Waals surface area contributed by atoms with Crippen LogP contribution < -0.4 is 5.32 Å². The summed E-state index contributed by atoms with van der Waals surface area (Å²) in [5, 5.41) is 3.45. The molecular weight excluding hydrogens is 450 g/mol. The summed E-state index contributed by atoms with van der Waals surface area (Å²) in [7, 11) is 0. The van der Waals surface area contributed by atoms with Gasteiger partial charge >= 0.3 is 5.97 Å². The summed E-state index contributed by atoms with van der Waals surface area (Å²) in [5.41, 5.74) is 1.71. The van der Waals surface area contributed by atoms with Crippen molar-refractivity contribution in [2.75, 3.05) is 11.9 Å². The highest BCUT2D eigenvalue weighted by Gasteiger charge is 2.46. The summed E-state index contributed by atoms with van der Waals surface area (Å²) >= 11 is 7.18. The van der Waals surface area contributed by atoms with Gasteiger partial charge in [0.25, 0.3) is 0 Å². The van der Waals surface area contributed by atoms with E-state index in [9.17, 15) is 14.4 Å². The van der Waals surface area contributed by atoms with E-state index in [1.54, 1.807) is 60.4 Å². The van der Waals surface area contributed by atoms with E-state index in [0.717, 1.165) is 12.8 Å². The number of esters is 1. The molecule has 1 saturated carbocycles. The third-order valence-corrected chi connectivity index (χ3v) is 6.38. The zero-order valence-corrected chi connectivity index (χ0v) is 19.0. The number of hydrogen-bond donors (Lipinski definition) is 1. The molecule has 2 aliphatic rings. The van der Waals surface area contributed by atoms with Gasteiger partial charge in [0.2, 0.25) is 11.8 Å². The normalized spacial score (nSPS) is 19.3. The number of halogens is 1. The Morgan fingerprint density at radius 3 is 2.47 bits per heavy atom. The first kappa shape index (κ1) is 22.4. The Morgan fingerprint density at radius 1 is 1.16 bits per heavy atom. The smallest absolute Gasteiger partial charge is 0.338 e. The average Bonchev–Trinajstić information content (AvgIpc) is 3.56. The molecule has 1 N–H and O–H groups in total. The lowest BCUT2D eigenvalue weighted by Crippen LogP contribution is -2.35. The highest BCUT2D eigenvalue weighted by Crippen LogP contribution is 2.39. The fourth-order valence-electron chi connectivity index (χ4n) is 3.27. The van der Waals surface area contributed by atoms with Crippen LogP contribution in [-0.2, 0) is 14.3 Å². The molecule has 0 aromatic heterocycles. The maximum atomic E-state index is 13.0. The van der Waals surface area contributed by atoms with Gasteiger partial charge in [-0.2, -0.15) is 0 Å². The Kier molecular flexibility index (Phi) is 6.81. The molecule has 0 radical (unpaired) electrons. The predicted molar refractivity (Wildman–Crippen MR) is 125 cm³/mol. The zero-order chi connectivity index (χ0) is 22.7. The lowest BCUT2D eigenvalue weighted by atomic mass is 10.2. The molecular formula is C23H22ClN3O4S. The molecule has 1 aliphatic heterocycles.